The van der Waals surface area contributed by atoms with Gasteiger partial charge in [-0.3, -0.25) is 9.59 Å². The van der Waals surface area contributed by atoms with Crippen LogP contribution in [0.4, 0.5) is 0 Å². The minimum absolute atomic E-state index is 0.0599. The van der Waals surface area contributed by atoms with Crippen LogP contribution in [-0.4, -0.2) is 43.4 Å². The number of nitrogens with zero attached hydrogens (tertiary/aromatic N) is 3. The first-order valence-corrected chi connectivity index (χ1v) is 8.37. The third kappa shape index (κ3) is 6.82. The van der Waals surface area contributed by atoms with Crippen LogP contribution in [0, 0.1) is 22.7 Å². The number of ether oxygens (including phenoxy) is 2. The number of rotatable bonds is 11. The Morgan fingerprint density at radius 1 is 1.12 bits per heavy atom. The molecule has 0 heterocycles. The number of methoxy groups -OCH3 is 1. The van der Waals surface area contributed by atoms with E-state index >= 15 is 0 Å². The van der Waals surface area contributed by atoms with E-state index in [0.717, 1.165) is 0 Å². The maximum absolute atomic E-state index is 12.2. The van der Waals surface area contributed by atoms with Gasteiger partial charge in [-0.2, -0.15) is 10.5 Å². The van der Waals surface area contributed by atoms with Crippen molar-refractivity contribution in [2.24, 2.45) is 0 Å². The van der Waals surface area contributed by atoms with Gasteiger partial charge < -0.3 is 14.4 Å². The highest BCUT2D eigenvalue weighted by atomic mass is 16.5. The van der Waals surface area contributed by atoms with Crippen molar-refractivity contribution in [3.05, 3.63) is 23.8 Å². The molecule has 0 spiro atoms. The topological polar surface area (TPSA) is 103 Å². The summed E-state index contributed by atoms with van der Waals surface area (Å²) in [7, 11) is 1.50. The fraction of sp³-hybridized carbons (Fsp3) is 0.474. The van der Waals surface area contributed by atoms with Gasteiger partial charge in [-0.05, 0) is 31.5 Å². The number of nitriles is 2. The monoisotopic (exact) mass is 357 g/mol. The van der Waals surface area contributed by atoms with E-state index in [1.807, 2.05) is 12.1 Å². The van der Waals surface area contributed by atoms with Gasteiger partial charge in [0.1, 0.15) is 0 Å². The Labute approximate surface area is 153 Å². The second-order valence-corrected chi connectivity index (χ2v) is 5.57. The molecule has 1 aromatic rings. The van der Waals surface area contributed by atoms with Crippen LogP contribution in [0.15, 0.2) is 18.2 Å². The summed E-state index contributed by atoms with van der Waals surface area (Å²) < 4.78 is 10.9. The van der Waals surface area contributed by atoms with Crippen molar-refractivity contribution < 1.29 is 19.1 Å². The zero-order valence-electron chi connectivity index (χ0n) is 15.2. The van der Waals surface area contributed by atoms with Crippen LogP contribution in [0.2, 0.25) is 0 Å². The van der Waals surface area contributed by atoms with Crippen molar-refractivity contribution in [2.45, 2.75) is 32.6 Å². The summed E-state index contributed by atoms with van der Waals surface area (Å²) in [6.07, 6.45) is 1.25. The van der Waals surface area contributed by atoms with Gasteiger partial charge in [0.25, 0.3) is 0 Å². The number of ketones is 1. The Morgan fingerprint density at radius 2 is 1.77 bits per heavy atom. The Kier molecular flexibility index (Phi) is 9.27. The molecule has 0 radical (unpaired) electrons. The average Bonchev–Trinajstić information content (AvgIpc) is 2.65. The van der Waals surface area contributed by atoms with Crippen molar-refractivity contribution in [1.82, 2.24) is 4.90 Å². The van der Waals surface area contributed by atoms with Gasteiger partial charge in [0.05, 0.1) is 38.7 Å². The predicted molar refractivity (Wildman–Crippen MR) is 94.8 cm³/mol. The second-order valence-electron chi connectivity index (χ2n) is 5.57. The fourth-order valence-corrected chi connectivity index (χ4v) is 2.30. The maximum Gasteiger partial charge on any atom is 0.222 e. The van der Waals surface area contributed by atoms with E-state index in [-0.39, 0.29) is 31.0 Å². The lowest BCUT2D eigenvalue weighted by molar-refractivity contribution is -0.131. The number of Topliss-reactive ketones (excluding diaryl/α,β-unsaturated/α-hetero) is 1. The van der Waals surface area contributed by atoms with Crippen molar-refractivity contribution in [2.75, 3.05) is 26.8 Å². The molecule has 1 rings (SSSR count). The van der Waals surface area contributed by atoms with Gasteiger partial charge in [0, 0.05) is 25.1 Å². The van der Waals surface area contributed by atoms with E-state index in [2.05, 4.69) is 0 Å². The molecular formula is C19H23N3O4. The average molecular weight is 357 g/mol. The zero-order chi connectivity index (χ0) is 19.4. The Hall–Kier alpha value is -3.06. The van der Waals surface area contributed by atoms with Crippen LogP contribution in [0.5, 0.6) is 11.5 Å². The molecule has 0 aromatic heterocycles. The van der Waals surface area contributed by atoms with E-state index in [9.17, 15) is 9.59 Å². The molecule has 0 bridgehead atoms. The fourth-order valence-electron chi connectivity index (χ4n) is 2.30. The predicted octanol–water partition coefficient (Wildman–Crippen LogP) is 2.71. The molecule has 0 saturated heterocycles. The molecule has 26 heavy (non-hydrogen) atoms. The molecule has 0 N–H and O–H groups in total. The first-order chi connectivity index (χ1) is 12.5. The second kappa shape index (κ2) is 11.5. The molecule has 0 unspecified atom stereocenters. The highest BCUT2D eigenvalue weighted by Gasteiger charge is 2.13. The zero-order valence-corrected chi connectivity index (χ0v) is 15.2. The van der Waals surface area contributed by atoms with E-state index in [1.165, 1.54) is 18.9 Å². The van der Waals surface area contributed by atoms with Gasteiger partial charge in [-0.15, -0.1) is 0 Å². The molecule has 0 aliphatic rings. The van der Waals surface area contributed by atoms with Gasteiger partial charge in [-0.25, -0.2) is 0 Å². The van der Waals surface area contributed by atoms with Crippen molar-refractivity contribution in [3.63, 3.8) is 0 Å². The van der Waals surface area contributed by atoms with Crippen LogP contribution in [0.1, 0.15) is 43.0 Å². The number of amides is 1. The minimum atomic E-state index is -0.0991. The van der Waals surface area contributed by atoms with Gasteiger partial charge >= 0.3 is 0 Å². The smallest absolute Gasteiger partial charge is 0.222 e. The first kappa shape index (κ1) is 21.0. The highest BCUT2D eigenvalue weighted by Crippen LogP contribution is 2.28. The van der Waals surface area contributed by atoms with Crippen LogP contribution >= 0.6 is 0 Å². The molecule has 7 heteroatoms. The maximum atomic E-state index is 12.2. The Balaban J connectivity index is 2.52. The van der Waals surface area contributed by atoms with E-state index in [4.69, 9.17) is 20.0 Å². The number of benzene rings is 1. The molecule has 0 aliphatic carbocycles. The lowest BCUT2D eigenvalue weighted by atomic mass is 10.1. The van der Waals surface area contributed by atoms with Crippen molar-refractivity contribution in [1.29, 1.82) is 10.5 Å². The molecule has 0 saturated carbocycles. The summed E-state index contributed by atoms with van der Waals surface area (Å²) in [4.78, 5) is 25.1. The molecule has 0 aliphatic heterocycles. The molecule has 7 nitrogen and oxygen atoms in total. The van der Waals surface area contributed by atoms with Gasteiger partial charge in [0.2, 0.25) is 5.91 Å². The number of hydrogen-bond donors (Lipinski definition) is 0. The summed E-state index contributed by atoms with van der Waals surface area (Å²) in [5, 5.41) is 17.3. The third-order valence-electron chi connectivity index (χ3n) is 3.70. The standard InChI is InChI=1S/C19H23N3O4/c1-15(23)16-7-8-17(18(14-16)25-2)26-13-3-6-19(24)22(11-4-9-20)12-5-10-21/h7-8,14H,3-6,11-13H2,1-2H3. The summed E-state index contributed by atoms with van der Waals surface area (Å²) >= 11 is 0. The van der Waals surface area contributed by atoms with Crippen LogP contribution in [-0.2, 0) is 4.79 Å². The normalized spacial score (nSPS) is 9.69. The third-order valence-corrected chi connectivity index (χ3v) is 3.70. The van der Waals surface area contributed by atoms with Crippen LogP contribution < -0.4 is 9.47 Å². The Bertz CT molecular complexity index is 686. The molecule has 1 aromatic carbocycles. The highest BCUT2D eigenvalue weighted by molar-refractivity contribution is 5.94. The lowest BCUT2D eigenvalue weighted by Gasteiger charge is -2.20. The molecule has 0 fully saturated rings. The Morgan fingerprint density at radius 3 is 2.31 bits per heavy atom. The summed E-state index contributed by atoms with van der Waals surface area (Å²) in [5.74, 6) is 0.817. The summed E-state index contributed by atoms with van der Waals surface area (Å²) in [6.45, 7) is 2.45. The number of carbonyl (C=O) groups excluding carboxylic acids is 2. The van der Waals surface area contributed by atoms with Crippen molar-refractivity contribution >= 4 is 11.7 Å². The molecule has 138 valence electrons. The quantitative estimate of drug-likeness (QED) is 0.445. The van der Waals surface area contributed by atoms with E-state index < -0.39 is 0 Å². The molecule has 0 atom stereocenters. The lowest BCUT2D eigenvalue weighted by Crippen LogP contribution is -2.32. The van der Waals surface area contributed by atoms with Gasteiger partial charge in [0.15, 0.2) is 17.3 Å². The van der Waals surface area contributed by atoms with Crippen LogP contribution in [0.25, 0.3) is 0 Å². The minimum Gasteiger partial charge on any atom is -0.493 e. The van der Waals surface area contributed by atoms with E-state index in [1.54, 1.807) is 18.2 Å². The van der Waals surface area contributed by atoms with Crippen LogP contribution in [0.3, 0.4) is 0 Å². The molecule has 1 amide bonds. The summed E-state index contributed by atoms with van der Waals surface area (Å²) in [5.41, 5.74) is 0.537. The SMILES string of the molecule is COc1cc(C(C)=O)ccc1OCCCC(=O)N(CCC#N)CCC#N. The van der Waals surface area contributed by atoms with E-state index in [0.29, 0.717) is 43.2 Å². The summed E-state index contributed by atoms with van der Waals surface area (Å²) in [6, 6.07) is 8.96. The number of carbonyl (C=O) groups is 2. The number of hydrogen-bond acceptors (Lipinski definition) is 6. The molecular weight excluding hydrogens is 334 g/mol. The largest absolute Gasteiger partial charge is 0.493 e. The van der Waals surface area contributed by atoms with Crippen molar-refractivity contribution in [3.8, 4) is 23.6 Å². The first-order valence-electron chi connectivity index (χ1n) is 8.37. The van der Waals surface area contributed by atoms with Gasteiger partial charge in [-0.1, -0.05) is 0 Å².